The van der Waals surface area contributed by atoms with Crippen LogP contribution in [0, 0.1) is 5.41 Å². The molecule has 2 aliphatic heterocycles. The maximum absolute atomic E-state index is 12.8. The van der Waals surface area contributed by atoms with Crippen molar-refractivity contribution in [2.24, 2.45) is 5.41 Å². The van der Waals surface area contributed by atoms with Crippen molar-refractivity contribution in [1.82, 2.24) is 9.80 Å². The molecule has 26 heavy (non-hydrogen) atoms. The Balaban J connectivity index is 1.65. The first kappa shape index (κ1) is 19.2. The maximum Gasteiger partial charge on any atom is 0.227 e. The van der Waals surface area contributed by atoms with Crippen LogP contribution in [-0.4, -0.2) is 61.5 Å². The molecular weight excluding hydrogens is 352 g/mol. The zero-order valence-electron chi connectivity index (χ0n) is 15.4. The minimum atomic E-state index is 0.0239. The van der Waals surface area contributed by atoms with Gasteiger partial charge in [0.05, 0.1) is 13.0 Å². The van der Waals surface area contributed by atoms with Crippen LogP contribution in [0.3, 0.4) is 0 Å². The molecule has 0 radical (unpaired) electrons. The first-order chi connectivity index (χ1) is 12.5. The molecule has 1 aromatic rings. The quantitative estimate of drug-likeness (QED) is 0.791. The second-order valence-corrected chi connectivity index (χ2v) is 7.90. The van der Waals surface area contributed by atoms with E-state index in [-0.39, 0.29) is 17.2 Å². The first-order valence-corrected chi connectivity index (χ1v) is 9.69. The number of piperidine rings is 2. The molecule has 0 unspecified atom stereocenters. The van der Waals surface area contributed by atoms with Crippen molar-refractivity contribution in [2.45, 2.75) is 32.1 Å². The first-order valence-electron chi connectivity index (χ1n) is 9.31. The Labute approximate surface area is 160 Å². The molecule has 2 saturated heterocycles. The van der Waals surface area contributed by atoms with Crippen molar-refractivity contribution >= 4 is 23.4 Å². The average molecular weight is 379 g/mol. The van der Waals surface area contributed by atoms with E-state index in [4.69, 9.17) is 16.3 Å². The van der Waals surface area contributed by atoms with Crippen LogP contribution < -0.4 is 0 Å². The van der Waals surface area contributed by atoms with E-state index >= 15 is 0 Å². The van der Waals surface area contributed by atoms with Gasteiger partial charge in [-0.05, 0) is 30.9 Å². The molecule has 2 aliphatic rings. The fraction of sp³-hybridized carbons (Fsp3) is 0.600. The van der Waals surface area contributed by atoms with Crippen molar-refractivity contribution in [3.05, 3.63) is 34.9 Å². The predicted molar refractivity (Wildman–Crippen MR) is 101 cm³/mol. The molecule has 0 saturated carbocycles. The zero-order chi connectivity index (χ0) is 18.6. The Hall–Kier alpha value is -1.59. The van der Waals surface area contributed by atoms with Gasteiger partial charge in [-0.3, -0.25) is 9.59 Å². The molecule has 0 aliphatic carbocycles. The molecule has 6 heteroatoms. The van der Waals surface area contributed by atoms with Gasteiger partial charge in [0, 0.05) is 50.1 Å². The van der Waals surface area contributed by atoms with Gasteiger partial charge in [0.2, 0.25) is 11.8 Å². The van der Waals surface area contributed by atoms with Gasteiger partial charge in [-0.15, -0.1) is 0 Å². The predicted octanol–water partition coefficient (Wildman–Crippen LogP) is 2.76. The molecular formula is C20H27ClN2O3. The Bertz CT molecular complexity index is 666. The lowest BCUT2D eigenvalue weighted by Crippen LogP contribution is -2.55. The van der Waals surface area contributed by atoms with Crippen molar-refractivity contribution in [1.29, 1.82) is 0 Å². The van der Waals surface area contributed by atoms with E-state index in [1.165, 1.54) is 0 Å². The monoisotopic (exact) mass is 378 g/mol. The van der Waals surface area contributed by atoms with Crippen molar-refractivity contribution in [3.8, 4) is 0 Å². The molecule has 142 valence electrons. The molecule has 1 aromatic carbocycles. The van der Waals surface area contributed by atoms with Gasteiger partial charge in [-0.2, -0.15) is 0 Å². The second-order valence-electron chi connectivity index (χ2n) is 7.50. The van der Waals surface area contributed by atoms with Gasteiger partial charge >= 0.3 is 0 Å². The maximum atomic E-state index is 12.8. The molecule has 1 spiro atoms. The Morgan fingerprint density at radius 1 is 1.27 bits per heavy atom. The summed E-state index contributed by atoms with van der Waals surface area (Å²) in [7, 11) is 1.65. The second kappa shape index (κ2) is 8.40. The molecule has 0 bridgehead atoms. The highest BCUT2D eigenvalue weighted by Crippen LogP contribution is 2.39. The number of carbonyl (C=O) groups excluding carboxylic acids is 2. The Morgan fingerprint density at radius 2 is 2.08 bits per heavy atom. The summed E-state index contributed by atoms with van der Waals surface area (Å²) in [6.45, 7) is 3.43. The number of halogens is 1. The third-order valence-electron chi connectivity index (χ3n) is 5.63. The van der Waals surface area contributed by atoms with Crippen LogP contribution in [-0.2, 0) is 20.7 Å². The van der Waals surface area contributed by atoms with Gasteiger partial charge in [0.15, 0.2) is 0 Å². The lowest BCUT2D eigenvalue weighted by Gasteiger charge is -2.48. The topological polar surface area (TPSA) is 49.9 Å². The SMILES string of the molecule is COCCN1C[C@@]2(CCCN(C(=O)Cc3ccccc3Cl)C2)CCC1=O. The smallest absolute Gasteiger partial charge is 0.227 e. The van der Waals surface area contributed by atoms with Crippen LogP contribution >= 0.6 is 11.6 Å². The minimum absolute atomic E-state index is 0.0239. The fourth-order valence-corrected chi connectivity index (χ4v) is 4.38. The van der Waals surface area contributed by atoms with Crippen molar-refractivity contribution in [3.63, 3.8) is 0 Å². The zero-order valence-corrected chi connectivity index (χ0v) is 16.1. The third-order valence-corrected chi connectivity index (χ3v) is 6.00. The van der Waals surface area contributed by atoms with Crippen LogP contribution in [0.1, 0.15) is 31.2 Å². The number of amides is 2. The van der Waals surface area contributed by atoms with E-state index in [1.807, 2.05) is 34.1 Å². The van der Waals surface area contributed by atoms with E-state index in [2.05, 4.69) is 0 Å². The van der Waals surface area contributed by atoms with Crippen molar-refractivity contribution < 1.29 is 14.3 Å². The number of methoxy groups -OCH3 is 1. The number of rotatable bonds is 5. The van der Waals surface area contributed by atoms with Crippen LogP contribution in [0.15, 0.2) is 24.3 Å². The standard InChI is InChI=1S/C20H27ClN2O3/c1-26-12-11-23-15-20(9-7-18(23)24)8-4-10-22(14-20)19(25)13-16-5-2-3-6-17(16)21/h2-3,5-6H,4,7-15H2,1H3/t20-/m0/s1. The number of hydrogen-bond donors (Lipinski definition) is 0. The van der Waals surface area contributed by atoms with E-state index in [0.717, 1.165) is 44.5 Å². The van der Waals surface area contributed by atoms with Crippen LogP contribution in [0.2, 0.25) is 5.02 Å². The average Bonchev–Trinajstić information content (AvgIpc) is 2.65. The number of ether oxygens (including phenoxy) is 1. The summed E-state index contributed by atoms with van der Waals surface area (Å²) in [4.78, 5) is 28.9. The van der Waals surface area contributed by atoms with E-state index in [0.29, 0.717) is 31.0 Å². The summed E-state index contributed by atoms with van der Waals surface area (Å²) in [5.41, 5.74) is 0.898. The summed E-state index contributed by atoms with van der Waals surface area (Å²) in [5, 5.41) is 0.640. The summed E-state index contributed by atoms with van der Waals surface area (Å²) in [6.07, 6.45) is 3.82. The van der Waals surface area contributed by atoms with Crippen LogP contribution in [0.5, 0.6) is 0 Å². The number of nitrogens with zero attached hydrogens (tertiary/aromatic N) is 2. The molecule has 0 N–H and O–H groups in total. The molecule has 3 rings (SSSR count). The summed E-state index contributed by atoms with van der Waals surface area (Å²) >= 11 is 6.21. The third kappa shape index (κ3) is 4.38. The van der Waals surface area contributed by atoms with Crippen molar-refractivity contribution in [2.75, 3.05) is 39.9 Å². The van der Waals surface area contributed by atoms with E-state index in [1.54, 1.807) is 7.11 Å². The number of benzene rings is 1. The van der Waals surface area contributed by atoms with E-state index in [9.17, 15) is 9.59 Å². The Morgan fingerprint density at radius 3 is 2.85 bits per heavy atom. The molecule has 5 nitrogen and oxygen atoms in total. The number of likely N-dealkylation sites (tertiary alicyclic amines) is 2. The van der Waals surface area contributed by atoms with Gasteiger partial charge in [-0.25, -0.2) is 0 Å². The lowest BCUT2D eigenvalue weighted by atomic mass is 9.73. The van der Waals surface area contributed by atoms with Gasteiger partial charge in [0.25, 0.3) is 0 Å². The van der Waals surface area contributed by atoms with Gasteiger partial charge in [-0.1, -0.05) is 29.8 Å². The highest BCUT2D eigenvalue weighted by molar-refractivity contribution is 6.31. The minimum Gasteiger partial charge on any atom is -0.383 e. The summed E-state index contributed by atoms with van der Waals surface area (Å²) in [6, 6.07) is 7.51. The largest absolute Gasteiger partial charge is 0.383 e. The molecule has 2 heterocycles. The normalized spacial score (nSPS) is 23.5. The van der Waals surface area contributed by atoms with Crippen LogP contribution in [0.4, 0.5) is 0 Å². The number of hydrogen-bond acceptors (Lipinski definition) is 3. The lowest BCUT2D eigenvalue weighted by molar-refractivity contribution is -0.143. The highest BCUT2D eigenvalue weighted by atomic mass is 35.5. The van der Waals surface area contributed by atoms with Gasteiger partial charge < -0.3 is 14.5 Å². The molecule has 0 aromatic heterocycles. The molecule has 2 amide bonds. The highest BCUT2D eigenvalue weighted by Gasteiger charge is 2.42. The Kier molecular flexibility index (Phi) is 6.20. The number of carbonyl (C=O) groups is 2. The van der Waals surface area contributed by atoms with E-state index < -0.39 is 0 Å². The summed E-state index contributed by atoms with van der Waals surface area (Å²) in [5.74, 6) is 0.324. The van der Waals surface area contributed by atoms with Crippen LogP contribution in [0.25, 0.3) is 0 Å². The van der Waals surface area contributed by atoms with Gasteiger partial charge in [0.1, 0.15) is 0 Å². The molecule has 2 fully saturated rings. The fourth-order valence-electron chi connectivity index (χ4n) is 4.18. The molecule has 1 atom stereocenters. The summed E-state index contributed by atoms with van der Waals surface area (Å²) < 4.78 is 5.13.